The lowest BCUT2D eigenvalue weighted by molar-refractivity contribution is -0.115. The molecule has 0 bridgehead atoms. The number of anilines is 1. The molecule has 1 N–H and O–H groups in total. The van der Waals surface area contributed by atoms with Gasteiger partial charge in [0, 0.05) is 6.42 Å². The maximum absolute atomic E-state index is 11.2. The zero-order valence-corrected chi connectivity index (χ0v) is 9.47. The van der Waals surface area contributed by atoms with Gasteiger partial charge in [-0.2, -0.15) is 0 Å². The molecule has 80 valence electrons. The van der Waals surface area contributed by atoms with Gasteiger partial charge in [0.25, 0.3) is 0 Å². The lowest BCUT2D eigenvalue weighted by Gasteiger charge is -2.07. The van der Waals surface area contributed by atoms with E-state index in [0.29, 0.717) is 23.0 Å². The molecular weight excluding hydrogens is 210 g/mol. The van der Waals surface area contributed by atoms with Gasteiger partial charge in [0.15, 0.2) is 0 Å². The number of carbonyl (C=O) groups excluding carboxylic acids is 1. The fraction of sp³-hybridized carbons (Fsp3) is 0.417. The molecule has 0 aromatic heterocycles. The number of carbonyl (C=O) groups is 1. The SMILES string of the molecule is CCC(=O)Nc1ccc(C2CC2)cc1Cl. The Kier molecular flexibility index (Phi) is 2.96. The van der Waals surface area contributed by atoms with Gasteiger partial charge in [-0.05, 0) is 36.5 Å². The van der Waals surface area contributed by atoms with Crippen molar-refractivity contribution in [2.75, 3.05) is 5.32 Å². The number of amides is 1. The van der Waals surface area contributed by atoms with E-state index in [1.54, 1.807) is 0 Å². The molecular formula is C12H14ClNO. The summed E-state index contributed by atoms with van der Waals surface area (Å²) in [5, 5.41) is 3.42. The van der Waals surface area contributed by atoms with Crippen LogP contribution in [-0.2, 0) is 4.79 Å². The normalized spacial score (nSPS) is 15.1. The number of hydrogen-bond donors (Lipinski definition) is 1. The average molecular weight is 224 g/mol. The van der Waals surface area contributed by atoms with Gasteiger partial charge in [-0.1, -0.05) is 24.6 Å². The smallest absolute Gasteiger partial charge is 0.224 e. The van der Waals surface area contributed by atoms with Crippen LogP contribution in [0.2, 0.25) is 5.02 Å². The Bertz CT molecular complexity index is 385. The highest BCUT2D eigenvalue weighted by atomic mass is 35.5. The first-order valence-electron chi connectivity index (χ1n) is 5.30. The molecule has 1 aliphatic carbocycles. The topological polar surface area (TPSA) is 29.1 Å². The highest BCUT2D eigenvalue weighted by molar-refractivity contribution is 6.33. The number of halogens is 1. The van der Waals surface area contributed by atoms with Gasteiger partial charge in [-0.15, -0.1) is 0 Å². The molecule has 1 saturated carbocycles. The predicted molar refractivity (Wildman–Crippen MR) is 62.3 cm³/mol. The number of nitrogens with one attached hydrogen (secondary N) is 1. The molecule has 0 saturated heterocycles. The van der Waals surface area contributed by atoms with Gasteiger partial charge < -0.3 is 5.32 Å². The van der Waals surface area contributed by atoms with E-state index in [0.717, 1.165) is 0 Å². The third-order valence-corrected chi connectivity index (χ3v) is 2.95. The van der Waals surface area contributed by atoms with Gasteiger partial charge in [0.2, 0.25) is 5.91 Å². The highest BCUT2D eigenvalue weighted by Crippen LogP contribution is 2.41. The van der Waals surface area contributed by atoms with Crippen molar-refractivity contribution in [2.24, 2.45) is 0 Å². The second-order valence-corrected chi connectivity index (χ2v) is 4.32. The molecule has 3 heteroatoms. The Balaban J connectivity index is 2.14. The van der Waals surface area contributed by atoms with Crippen molar-refractivity contribution in [1.29, 1.82) is 0 Å². The number of rotatable bonds is 3. The number of hydrogen-bond acceptors (Lipinski definition) is 1. The zero-order chi connectivity index (χ0) is 10.8. The van der Waals surface area contributed by atoms with E-state index >= 15 is 0 Å². The third kappa shape index (κ3) is 2.51. The molecule has 0 unspecified atom stereocenters. The Morgan fingerprint density at radius 1 is 1.53 bits per heavy atom. The minimum absolute atomic E-state index is 0.00364. The van der Waals surface area contributed by atoms with Gasteiger partial charge in [0.05, 0.1) is 10.7 Å². The van der Waals surface area contributed by atoms with Crippen molar-refractivity contribution >= 4 is 23.2 Å². The number of benzene rings is 1. The fourth-order valence-electron chi connectivity index (χ4n) is 1.54. The first kappa shape index (κ1) is 10.5. The first-order valence-corrected chi connectivity index (χ1v) is 5.67. The molecule has 1 aromatic rings. The molecule has 0 spiro atoms. The van der Waals surface area contributed by atoms with Crippen LogP contribution in [0.4, 0.5) is 5.69 Å². The quantitative estimate of drug-likeness (QED) is 0.834. The van der Waals surface area contributed by atoms with Crippen molar-refractivity contribution in [3.63, 3.8) is 0 Å². The average Bonchev–Trinajstić information content (AvgIpc) is 3.04. The molecule has 15 heavy (non-hydrogen) atoms. The Hall–Kier alpha value is -1.02. The van der Waals surface area contributed by atoms with Crippen LogP contribution in [0.1, 0.15) is 37.7 Å². The van der Waals surface area contributed by atoms with Gasteiger partial charge in [-0.25, -0.2) is 0 Å². The Morgan fingerprint density at radius 3 is 2.80 bits per heavy atom. The second-order valence-electron chi connectivity index (χ2n) is 3.92. The molecule has 0 heterocycles. The van der Waals surface area contributed by atoms with E-state index in [1.807, 2.05) is 19.1 Å². The van der Waals surface area contributed by atoms with Gasteiger partial charge >= 0.3 is 0 Å². The maximum Gasteiger partial charge on any atom is 0.224 e. The van der Waals surface area contributed by atoms with Crippen molar-refractivity contribution in [3.05, 3.63) is 28.8 Å². The Labute approximate surface area is 94.6 Å². The minimum Gasteiger partial charge on any atom is -0.325 e. The molecule has 0 radical (unpaired) electrons. The van der Waals surface area contributed by atoms with E-state index in [1.165, 1.54) is 18.4 Å². The van der Waals surface area contributed by atoms with Gasteiger partial charge in [0.1, 0.15) is 0 Å². The second kappa shape index (κ2) is 4.23. The van der Waals surface area contributed by atoms with Crippen molar-refractivity contribution < 1.29 is 4.79 Å². The van der Waals surface area contributed by atoms with Crippen LogP contribution in [0.3, 0.4) is 0 Å². The molecule has 1 aliphatic rings. The fourth-order valence-corrected chi connectivity index (χ4v) is 1.78. The molecule has 2 nitrogen and oxygen atoms in total. The lowest BCUT2D eigenvalue weighted by atomic mass is 10.1. The summed E-state index contributed by atoms with van der Waals surface area (Å²) in [7, 11) is 0. The molecule has 0 aliphatic heterocycles. The molecule has 1 aromatic carbocycles. The van der Waals surface area contributed by atoms with Crippen LogP contribution in [0.15, 0.2) is 18.2 Å². The van der Waals surface area contributed by atoms with Crippen LogP contribution in [-0.4, -0.2) is 5.91 Å². The molecule has 2 rings (SSSR count). The Morgan fingerprint density at radius 2 is 2.27 bits per heavy atom. The monoisotopic (exact) mass is 223 g/mol. The van der Waals surface area contributed by atoms with E-state index in [9.17, 15) is 4.79 Å². The van der Waals surface area contributed by atoms with Crippen molar-refractivity contribution in [2.45, 2.75) is 32.1 Å². The van der Waals surface area contributed by atoms with Gasteiger partial charge in [-0.3, -0.25) is 4.79 Å². The summed E-state index contributed by atoms with van der Waals surface area (Å²) in [6.07, 6.45) is 2.99. The summed E-state index contributed by atoms with van der Waals surface area (Å²) < 4.78 is 0. The van der Waals surface area contributed by atoms with Crippen LogP contribution >= 0.6 is 11.6 Å². The van der Waals surface area contributed by atoms with Crippen molar-refractivity contribution in [1.82, 2.24) is 0 Å². The summed E-state index contributed by atoms with van der Waals surface area (Å²) in [6.45, 7) is 1.82. The lowest BCUT2D eigenvalue weighted by Crippen LogP contribution is -2.09. The summed E-state index contributed by atoms with van der Waals surface area (Å²) in [5.41, 5.74) is 2.00. The zero-order valence-electron chi connectivity index (χ0n) is 8.72. The van der Waals surface area contributed by atoms with Crippen LogP contribution in [0.25, 0.3) is 0 Å². The molecule has 1 fully saturated rings. The van der Waals surface area contributed by atoms with Crippen LogP contribution in [0.5, 0.6) is 0 Å². The first-order chi connectivity index (χ1) is 7.20. The summed E-state index contributed by atoms with van der Waals surface area (Å²) in [5.74, 6) is 0.689. The molecule has 1 amide bonds. The predicted octanol–water partition coefficient (Wildman–Crippen LogP) is 3.57. The summed E-state index contributed by atoms with van der Waals surface area (Å²) in [4.78, 5) is 11.2. The largest absolute Gasteiger partial charge is 0.325 e. The standard InChI is InChI=1S/C12H14ClNO/c1-2-12(15)14-11-6-5-9(7-10(11)13)8-3-4-8/h5-8H,2-4H2,1H3,(H,14,15). The van der Waals surface area contributed by atoms with Crippen LogP contribution < -0.4 is 5.32 Å². The minimum atomic E-state index is -0.00364. The van der Waals surface area contributed by atoms with E-state index in [-0.39, 0.29) is 5.91 Å². The molecule has 0 atom stereocenters. The van der Waals surface area contributed by atoms with Crippen molar-refractivity contribution in [3.8, 4) is 0 Å². The van der Waals surface area contributed by atoms with E-state index in [4.69, 9.17) is 11.6 Å². The highest BCUT2D eigenvalue weighted by Gasteiger charge is 2.23. The summed E-state index contributed by atoms with van der Waals surface area (Å²) >= 11 is 6.09. The maximum atomic E-state index is 11.2. The third-order valence-electron chi connectivity index (χ3n) is 2.64. The summed E-state index contributed by atoms with van der Waals surface area (Å²) in [6, 6.07) is 5.91. The van der Waals surface area contributed by atoms with E-state index < -0.39 is 0 Å². The van der Waals surface area contributed by atoms with E-state index in [2.05, 4.69) is 11.4 Å². The van der Waals surface area contributed by atoms with Crippen LogP contribution in [0, 0.1) is 0 Å².